The lowest BCUT2D eigenvalue weighted by atomic mass is 9.72. The van der Waals surface area contributed by atoms with Crippen molar-refractivity contribution in [1.29, 1.82) is 0 Å². The molecule has 1 aromatic rings. The van der Waals surface area contributed by atoms with E-state index in [9.17, 15) is 24.3 Å². The molecule has 10 nitrogen and oxygen atoms in total. The third-order valence-corrected chi connectivity index (χ3v) is 13.1. The maximum atomic E-state index is 14.1. The van der Waals surface area contributed by atoms with Crippen LogP contribution in [0.2, 0.25) is 0 Å². The second-order valence-corrected chi connectivity index (χ2v) is 18.8. The van der Waals surface area contributed by atoms with E-state index < -0.39 is 29.5 Å². The molecule has 0 spiro atoms. The number of unbranched alkanes of at least 4 members (excludes halogenated alkanes) is 13. The number of nitrogens with one attached hydrogen (secondary N) is 1. The number of hydrogen-bond acceptors (Lipinski definition) is 9. The van der Waals surface area contributed by atoms with Gasteiger partial charge in [-0.2, -0.15) is 0 Å². The first-order valence-corrected chi connectivity index (χ1v) is 22.6. The Bertz CT molecular complexity index is 1420. The van der Waals surface area contributed by atoms with Gasteiger partial charge in [0.1, 0.15) is 11.9 Å². The van der Waals surface area contributed by atoms with Crippen LogP contribution in [0, 0.1) is 24.2 Å². The lowest BCUT2D eigenvalue weighted by Crippen LogP contribution is -2.48. The summed E-state index contributed by atoms with van der Waals surface area (Å²) in [6.45, 7) is 13.3. The normalized spacial score (nSPS) is 27.7. The van der Waals surface area contributed by atoms with Gasteiger partial charge in [-0.05, 0) is 64.0 Å². The zero-order chi connectivity index (χ0) is 41.3. The van der Waals surface area contributed by atoms with Crippen LogP contribution in [-0.4, -0.2) is 68.8 Å². The number of aryl methyl sites for hydroxylation is 1. The highest BCUT2D eigenvalue weighted by Gasteiger charge is 2.52. The number of Topliss-reactive ketones (excluding diaryl/α,β-unsaturated/α-hetero) is 1. The van der Waals surface area contributed by atoms with Crippen LogP contribution in [0.5, 0.6) is 0 Å². The van der Waals surface area contributed by atoms with Gasteiger partial charge in [0, 0.05) is 24.6 Å². The third kappa shape index (κ3) is 16.3. The molecule has 3 rings (SSSR count). The third-order valence-electron chi connectivity index (χ3n) is 12.3. The fraction of sp³-hybridized carbons (Fsp3) is 0.800. The summed E-state index contributed by atoms with van der Waals surface area (Å²) in [4.78, 5) is 55.9. The van der Waals surface area contributed by atoms with Gasteiger partial charge in [0.2, 0.25) is 5.91 Å². The standard InChI is InChI=1S/C45H74N2O8S/c1-31-23-22-26-45(7)38(55-45)28-36(32(2)27-35-30-56-34(4)46-35)47-39(49)29-37(48)44(5,6)43(53)33(3)42(31)54-41(52)25-21-19-17-15-13-11-9-8-10-12-14-16-18-20-24-40(50)51/h27,30-31,33,36-38,42,48H,8-26,28-29H2,1-7H3,(H,47,49)(H,50,51)/b32-27+/t31-,33+,36-,37-,38-,42-,45+/m0/s1. The molecule has 0 saturated carbocycles. The minimum absolute atomic E-state index is 0.0304. The van der Waals surface area contributed by atoms with Crippen molar-refractivity contribution >= 4 is 41.0 Å². The van der Waals surface area contributed by atoms with Gasteiger partial charge in [-0.25, -0.2) is 4.98 Å². The predicted molar refractivity (Wildman–Crippen MR) is 223 cm³/mol. The smallest absolute Gasteiger partial charge is 0.306 e. The minimum atomic E-state index is -1.24. The Hall–Kier alpha value is -2.63. The molecular weight excluding hydrogens is 729 g/mol. The molecule has 0 unspecified atom stereocenters. The Balaban J connectivity index is 1.48. The van der Waals surface area contributed by atoms with Crippen LogP contribution in [0.4, 0.5) is 0 Å². The number of ether oxygens (including phenoxy) is 2. The largest absolute Gasteiger partial charge is 0.481 e. The quantitative estimate of drug-likeness (QED) is 0.0664. The SMILES string of the molecule is C/C(=C\c1csc(C)n1)[C@@H]1C[C@@H]2O[C@]2(C)CCC[C@H](C)[C@H](OC(=O)CCCCCCCCCCCCCCCCC(=O)O)[C@@H](C)C(=O)C(C)(C)[C@@H](O)CC(=O)N1. The number of rotatable bonds is 20. The minimum Gasteiger partial charge on any atom is -0.481 e. The van der Waals surface area contributed by atoms with Crippen molar-refractivity contribution in [3.05, 3.63) is 21.7 Å². The number of nitrogens with zero attached hydrogens (tertiary/aromatic N) is 1. The summed E-state index contributed by atoms with van der Waals surface area (Å²) in [6.07, 6.45) is 19.0. The number of ketones is 1. The number of aliphatic carboxylic acids is 1. The summed E-state index contributed by atoms with van der Waals surface area (Å²) in [5.74, 6) is -2.26. The number of fused-ring (bicyclic) bond motifs is 1. The molecule has 0 radical (unpaired) electrons. The molecule has 11 heteroatoms. The highest BCUT2D eigenvalue weighted by atomic mass is 32.1. The molecule has 2 fully saturated rings. The van der Waals surface area contributed by atoms with Crippen molar-refractivity contribution < 1.29 is 38.9 Å². The first-order chi connectivity index (χ1) is 26.5. The molecule has 1 amide bonds. The molecule has 0 bridgehead atoms. The van der Waals surface area contributed by atoms with Crippen LogP contribution < -0.4 is 5.32 Å². The van der Waals surface area contributed by atoms with E-state index in [0.29, 0.717) is 12.8 Å². The van der Waals surface area contributed by atoms with Crippen molar-refractivity contribution in [2.75, 3.05) is 0 Å². The Kier molecular flexibility index (Phi) is 20.2. The van der Waals surface area contributed by atoms with Gasteiger partial charge in [-0.1, -0.05) is 111 Å². The van der Waals surface area contributed by atoms with E-state index in [1.807, 2.05) is 32.2 Å². The zero-order valence-electron chi connectivity index (χ0n) is 35.7. The number of hydrogen-bond donors (Lipinski definition) is 3. The second-order valence-electron chi connectivity index (χ2n) is 17.7. The van der Waals surface area contributed by atoms with Gasteiger partial charge in [0.25, 0.3) is 0 Å². The molecule has 3 heterocycles. The Morgan fingerprint density at radius 2 is 1.50 bits per heavy atom. The Morgan fingerprint density at radius 1 is 0.946 bits per heavy atom. The van der Waals surface area contributed by atoms with E-state index in [4.69, 9.17) is 14.6 Å². The van der Waals surface area contributed by atoms with Gasteiger partial charge in [-0.3, -0.25) is 19.2 Å². The number of aromatic nitrogens is 1. The molecule has 318 valence electrons. The number of esters is 1. The molecular formula is C45H74N2O8S. The summed E-state index contributed by atoms with van der Waals surface area (Å²) in [5, 5.41) is 26.2. The Labute approximate surface area is 341 Å². The van der Waals surface area contributed by atoms with Crippen molar-refractivity contribution in [3.63, 3.8) is 0 Å². The molecule has 56 heavy (non-hydrogen) atoms. The fourth-order valence-electron chi connectivity index (χ4n) is 8.27. The van der Waals surface area contributed by atoms with Gasteiger partial charge < -0.3 is 25.0 Å². The number of aliphatic hydroxyl groups is 1. The van der Waals surface area contributed by atoms with Gasteiger partial charge in [0.05, 0.1) is 52.3 Å². The molecule has 2 saturated heterocycles. The first kappa shape index (κ1) is 47.7. The molecule has 0 aliphatic carbocycles. The van der Waals surface area contributed by atoms with Crippen molar-refractivity contribution in [1.82, 2.24) is 10.3 Å². The molecule has 0 aromatic carbocycles. The Morgan fingerprint density at radius 3 is 2.04 bits per heavy atom. The van der Waals surface area contributed by atoms with E-state index >= 15 is 0 Å². The second kappa shape index (κ2) is 23.7. The lowest BCUT2D eigenvalue weighted by molar-refractivity contribution is -0.160. The number of thiazole rings is 1. The molecule has 1 aromatic heterocycles. The lowest BCUT2D eigenvalue weighted by Gasteiger charge is -2.36. The number of carbonyl (C=O) groups is 4. The van der Waals surface area contributed by atoms with Crippen LogP contribution in [0.3, 0.4) is 0 Å². The average Bonchev–Trinajstić information content (AvgIpc) is 3.58. The molecule has 3 N–H and O–H groups in total. The van der Waals surface area contributed by atoms with Gasteiger partial charge in [-0.15, -0.1) is 11.3 Å². The topological polar surface area (TPSA) is 155 Å². The van der Waals surface area contributed by atoms with Crippen LogP contribution in [0.15, 0.2) is 11.0 Å². The van der Waals surface area contributed by atoms with Gasteiger partial charge in [0.15, 0.2) is 0 Å². The summed E-state index contributed by atoms with van der Waals surface area (Å²) >= 11 is 1.57. The number of amides is 1. The van der Waals surface area contributed by atoms with E-state index in [1.165, 1.54) is 44.9 Å². The number of carboxylic acid groups (broad SMARTS) is 1. The number of epoxide rings is 1. The van der Waals surface area contributed by atoms with Crippen molar-refractivity contribution in [2.45, 2.75) is 213 Å². The average molecular weight is 803 g/mol. The first-order valence-electron chi connectivity index (χ1n) is 21.7. The van der Waals surface area contributed by atoms with E-state index in [1.54, 1.807) is 32.1 Å². The monoisotopic (exact) mass is 803 g/mol. The van der Waals surface area contributed by atoms with Crippen molar-refractivity contribution in [3.8, 4) is 0 Å². The maximum absolute atomic E-state index is 14.1. The molecule has 2 aliphatic rings. The zero-order valence-corrected chi connectivity index (χ0v) is 36.5. The number of carboxylic acids is 1. The predicted octanol–water partition coefficient (Wildman–Crippen LogP) is 9.93. The van der Waals surface area contributed by atoms with Gasteiger partial charge >= 0.3 is 11.9 Å². The van der Waals surface area contributed by atoms with Crippen LogP contribution >= 0.6 is 11.3 Å². The van der Waals surface area contributed by atoms with E-state index in [0.717, 1.165) is 80.5 Å². The fourth-order valence-corrected chi connectivity index (χ4v) is 8.84. The molecule has 2 aliphatic heterocycles. The van der Waals surface area contributed by atoms with E-state index in [-0.39, 0.29) is 54.2 Å². The highest BCUT2D eigenvalue weighted by Crippen LogP contribution is 2.45. The maximum Gasteiger partial charge on any atom is 0.306 e. The number of carbonyl (C=O) groups excluding carboxylic acids is 3. The van der Waals surface area contributed by atoms with E-state index in [2.05, 4.69) is 17.2 Å². The molecule has 7 atom stereocenters. The number of aliphatic hydroxyl groups excluding tert-OH is 1. The summed E-state index contributed by atoms with van der Waals surface area (Å²) < 4.78 is 12.4. The summed E-state index contributed by atoms with van der Waals surface area (Å²) in [5.41, 5.74) is 0.247. The highest BCUT2D eigenvalue weighted by molar-refractivity contribution is 7.09. The summed E-state index contributed by atoms with van der Waals surface area (Å²) in [6, 6.07) is -0.307. The van der Waals surface area contributed by atoms with Crippen LogP contribution in [0.1, 0.15) is 187 Å². The summed E-state index contributed by atoms with van der Waals surface area (Å²) in [7, 11) is 0. The van der Waals surface area contributed by atoms with Crippen LogP contribution in [0.25, 0.3) is 6.08 Å². The van der Waals surface area contributed by atoms with Crippen LogP contribution in [-0.2, 0) is 28.7 Å². The van der Waals surface area contributed by atoms with Crippen molar-refractivity contribution in [2.24, 2.45) is 17.3 Å².